The maximum absolute atomic E-state index is 12.5. The molecule has 3 heterocycles. The topological polar surface area (TPSA) is 79.8 Å². The molecule has 7 nitrogen and oxygen atoms in total. The number of amides is 1. The van der Waals surface area contributed by atoms with Crippen LogP contribution in [0.4, 0.5) is 10.6 Å². The lowest BCUT2D eigenvalue weighted by molar-refractivity contribution is 0.0260. The molecule has 3 aliphatic rings. The van der Waals surface area contributed by atoms with Crippen LogP contribution in [0.25, 0.3) is 0 Å². The van der Waals surface area contributed by atoms with Gasteiger partial charge in [0, 0.05) is 19.3 Å². The number of ether oxygens (including phenoxy) is 1. The van der Waals surface area contributed by atoms with E-state index < -0.39 is 10.0 Å². The minimum Gasteiger partial charge on any atom is -0.441 e. The van der Waals surface area contributed by atoms with Crippen LogP contribution in [0.5, 0.6) is 0 Å². The molecule has 1 saturated carbocycles. The van der Waals surface area contributed by atoms with Crippen molar-refractivity contribution >= 4 is 21.9 Å². The molecule has 0 bridgehead atoms. The van der Waals surface area contributed by atoms with Crippen molar-refractivity contribution in [3.8, 4) is 0 Å². The Bertz CT molecular complexity index is 820. The van der Waals surface area contributed by atoms with Gasteiger partial charge in [0.25, 0.3) is 0 Å². The Morgan fingerprint density at radius 3 is 2.74 bits per heavy atom. The van der Waals surface area contributed by atoms with Crippen LogP contribution in [0.1, 0.15) is 56.4 Å². The maximum atomic E-state index is 12.5. The first kappa shape index (κ1) is 18.7. The molecule has 4 rings (SSSR count). The Kier molecular flexibility index (Phi) is 4.88. The molecule has 1 atom stereocenters. The zero-order valence-corrected chi connectivity index (χ0v) is 16.6. The summed E-state index contributed by atoms with van der Waals surface area (Å²) in [6, 6.07) is 3.86. The number of hydrogen-bond acceptors (Lipinski definition) is 5. The van der Waals surface area contributed by atoms with E-state index in [9.17, 15) is 13.2 Å². The molecule has 2 saturated heterocycles. The number of piperidine rings is 1. The monoisotopic (exact) mass is 393 g/mol. The van der Waals surface area contributed by atoms with Gasteiger partial charge in [-0.1, -0.05) is 6.42 Å². The zero-order chi connectivity index (χ0) is 19.1. The lowest BCUT2D eigenvalue weighted by Gasteiger charge is -2.31. The number of anilines is 1. The summed E-state index contributed by atoms with van der Waals surface area (Å²) in [5.74, 6) is 0.730. The Balaban J connectivity index is 1.53. The first-order valence-corrected chi connectivity index (χ1v) is 11.6. The van der Waals surface area contributed by atoms with Crippen LogP contribution < -0.4 is 4.90 Å². The molecule has 8 heteroatoms. The molecular formula is C19H27N3O4S. The highest BCUT2D eigenvalue weighted by molar-refractivity contribution is 7.88. The van der Waals surface area contributed by atoms with E-state index in [0.717, 1.165) is 44.1 Å². The molecule has 1 spiro atoms. The molecule has 2 aliphatic heterocycles. The second-order valence-corrected chi connectivity index (χ2v) is 10.1. The zero-order valence-electron chi connectivity index (χ0n) is 15.8. The van der Waals surface area contributed by atoms with E-state index in [4.69, 9.17) is 4.74 Å². The Labute approximate surface area is 160 Å². The first-order valence-electron chi connectivity index (χ1n) is 9.78. The fourth-order valence-corrected chi connectivity index (χ4v) is 5.52. The third kappa shape index (κ3) is 3.82. The lowest BCUT2D eigenvalue weighted by Crippen LogP contribution is -2.38. The smallest absolute Gasteiger partial charge is 0.416 e. The van der Waals surface area contributed by atoms with Crippen LogP contribution in [0.15, 0.2) is 18.3 Å². The molecule has 0 aromatic carbocycles. The number of sulfonamides is 1. The minimum absolute atomic E-state index is 0.123. The van der Waals surface area contributed by atoms with Crippen LogP contribution >= 0.6 is 0 Å². The van der Waals surface area contributed by atoms with E-state index >= 15 is 0 Å². The summed E-state index contributed by atoms with van der Waals surface area (Å²) in [7, 11) is -3.19. The number of hydrogen-bond donors (Lipinski definition) is 0. The maximum Gasteiger partial charge on any atom is 0.416 e. The van der Waals surface area contributed by atoms with Crippen molar-refractivity contribution in [1.82, 2.24) is 9.29 Å². The Hall–Kier alpha value is -1.67. The average molecular weight is 394 g/mol. The van der Waals surface area contributed by atoms with E-state index in [1.54, 1.807) is 15.4 Å². The second kappa shape index (κ2) is 7.05. The normalized spacial score (nSPS) is 26.3. The Morgan fingerprint density at radius 2 is 2.00 bits per heavy atom. The number of nitrogens with zero attached hydrogens (tertiary/aromatic N) is 3. The summed E-state index contributed by atoms with van der Waals surface area (Å²) in [6.45, 7) is 1.62. The number of aromatic nitrogens is 1. The second-order valence-electron chi connectivity index (χ2n) is 8.11. The van der Waals surface area contributed by atoms with Gasteiger partial charge in [0.05, 0.1) is 12.8 Å². The van der Waals surface area contributed by atoms with Gasteiger partial charge >= 0.3 is 6.09 Å². The highest BCUT2D eigenvalue weighted by Gasteiger charge is 2.46. The molecule has 1 aliphatic carbocycles. The summed E-state index contributed by atoms with van der Waals surface area (Å²) < 4.78 is 31.1. The molecule has 0 N–H and O–H groups in total. The number of pyridine rings is 1. The van der Waals surface area contributed by atoms with Gasteiger partial charge in [0.2, 0.25) is 10.0 Å². The predicted molar refractivity (Wildman–Crippen MR) is 102 cm³/mol. The summed E-state index contributed by atoms with van der Waals surface area (Å²) in [6.07, 6.45) is 9.65. The molecule has 1 aromatic rings. The molecule has 148 valence electrons. The van der Waals surface area contributed by atoms with E-state index in [2.05, 4.69) is 4.98 Å². The number of rotatable bonds is 3. The standard InChI is InChI=1S/C19H27N3O4S/c1-27(24,25)21-11-5-6-16(13-21)15-7-10-20-17(12-15)22-14-19(26-18(22)23)8-3-2-4-9-19/h7,10,12,16H,2-6,8-9,11,13-14H2,1H3. The first-order chi connectivity index (χ1) is 12.9. The lowest BCUT2D eigenvalue weighted by atomic mass is 9.85. The number of carbonyl (C=O) groups is 1. The van der Waals surface area contributed by atoms with Crippen molar-refractivity contribution < 1.29 is 17.9 Å². The SMILES string of the molecule is CS(=O)(=O)N1CCCC(c2ccnc(N3CC4(CCCCC4)OC3=O)c2)C1. The molecule has 1 aromatic heterocycles. The highest BCUT2D eigenvalue weighted by Crippen LogP contribution is 2.39. The van der Waals surface area contributed by atoms with Gasteiger partial charge in [-0.2, -0.15) is 0 Å². The van der Waals surface area contributed by atoms with Gasteiger partial charge in [0.15, 0.2) is 0 Å². The van der Waals surface area contributed by atoms with Crippen LogP contribution in [0, 0.1) is 0 Å². The summed E-state index contributed by atoms with van der Waals surface area (Å²) in [5.41, 5.74) is 0.677. The van der Waals surface area contributed by atoms with Gasteiger partial charge in [-0.05, 0) is 62.1 Å². The summed E-state index contributed by atoms with van der Waals surface area (Å²) in [5, 5.41) is 0. The largest absolute Gasteiger partial charge is 0.441 e. The van der Waals surface area contributed by atoms with Gasteiger partial charge in [-0.25, -0.2) is 22.5 Å². The summed E-state index contributed by atoms with van der Waals surface area (Å²) >= 11 is 0. The summed E-state index contributed by atoms with van der Waals surface area (Å²) in [4.78, 5) is 18.5. The van der Waals surface area contributed by atoms with Gasteiger partial charge in [0.1, 0.15) is 11.4 Å². The minimum atomic E-state index is -3.19. The average Bonchev–Trinajstić information content (AvgIpc) is 2.97. The van der Waals surface area contributed by atoms with Gasteiger partial charge < -0.3 is 4.74 Å². The molecule has 3 fully saturated rings. The third-order valence-corrected chi connectivity index (χ3v) is 7.38. The fourth-order valence-electron chi connectivity index (χ4n) is 4.61. The van der Waals surface area contributed by atoms with Crippen molar-refractivity contribution in [2.45, 2.75) is 56.5 Å². The molecule has 1 amide bonds. The fraction of sp³-hybridized carbons (Fsp3) is 0.684. The van der Waals surface area contributed by atoms with E-state index in [0.29, 0.717) is 25.5 Å². The van der Waals surface area contributed by atoms with E-state index in [-0.39, 0.29) is 17.6 Å². The highest BCUT2D eigenvalue weighted by atomic mass is 32.2. The Morgan fingerprint density at radius 1 is 1.22 bits per heavy atom. The van der Waals surface area contributed by atoms with E-state index in [1.807, 2.05) is 12.1 Å². The molecular weight excluding hydrogens is 366 g/mol. The van der Waals surface area contributed by atoms with Gasteiger partial charge in [-0.15, -0.1) is 0 Å². The van der Waals surface area contributed by atoms with Crippen molar-refractivity contribution in [2.24, 2.45) is 0 Å². The molecule has 0 radical (unpaired) electrons. The molecule has 1 unspecified atom stereocenters. The van der Waals surface area contributed by atoms with E-state index in [1.165, 1.54) is 12.7 Å². The van der Waals surface area contributed by atoms with Crippen LogP contribution in [0.3, 0.4) is 0 Å². The van der Waals surface area contributed by atoms with Crippen LogP contribution in [-0.2, 0) is 14.8 Å². The quantitative estimate of drug-likeness (QED) is 0.789. The van der Waals surface area contributed by atoms with Crippen molar-refractivity contribution in [3.05, 3.63) is 23.9 Å². The van der Waals surface area contributed by atoms with Crippen molar-refractivity contribution in [2.75, 3.05) is 30.8 Å². The van der Waals surface area contributed by atoms with Crippen LogP contribution in [-0.4, -0.2) is 55.3 Å². The molecule has 27 heavy (non-hydrogen) atoms. The predicted octanol–water partition coefficient (Wildman–Crippen LogP) is 2.88. The van der Waals surface area contributed by atoms with Crippen molar-refractivity contribution in [3.63, 3.8) is 0 Å². The van der Waals surface area contributed by atoms with Gasteiger partial charge in [-0.3, -0.25) is 4.90 Å². The van der Waals surface area contributed by atoms with Crippen LogP contribution in [0.2, 0.25) is 0 Å². The number of carbonyl (C=O) groups excluding carboxylic acids is 1. The van der Waals surface area contributed by atoms with Crippen molar-refractivity contribution in [1.29, 1.82) is 0 Å². The third-order valence-electron chi connectivity index (χ3n) is 6.11.